The van der Waals surface area contributed by atoms with Crippen LogP contribution in [-0.2, 0) is 12.1 Å². The molecule has 0 aliphatic carbocycles. The fourth-order valence-corrected chi connectivity index (χ4v) is 3.50. The summed E-state index contributed by atoms with van der Waals surface area (Å²) < 4.78 is 1.94. The van der Waals surface area contributed by atoms with Crippen molar-refractivity contribution in [3.05, 3.63) is 64.5 Å². The molecule has 9 heteroatoms. The largest absolute Gasteiger partial charge is 0.383 e. The first-order valence-electron chi connectivity index (χ1n) is 9.23. The van der Waals surface area contributed by atoms with Gasteiger partial charge >= 0.3 is 0 Å². The molecule has 1 unspecified atom stereocenters. The number of halogens is 1. The lowest BCUT2D eigenvalue weighted by Crippen LogP contribution is -2.44. The summed E-state index contributed by atoms with van der Waals surface area (Å²) in [5.74, 6) is 2.39. The molecule has 7 nitrogen and oxygen atoms in total. The molecule has 3 aromatic rings. The molecule has 3 heterocycles. The van der Waals surface area contributed by atoms with Gasteiger partial charge in [0.25, 0.3) is 0 Å². The minimum Gasteiger partial charge on any atom is -0.383 e. The normalized spacial score (nSPS) is 13.4. The molecular weight excluding hydrogens is 499 g/mol. The second-order valence-electron chi connectivity index (χ2n) is 6.67. The summed E-state index contributed by atoms with van der Waals surface area (Å²) in [7, 11) is 0. The summed E-state index contributed by atoms with van der Waals surface area (Å²) in [5.41, 5.74) is 0.0553. The minimum atomic E-state index is -0.948. The highest BCUT2D eigenvalue weighted by Gasteiger charge is 2.24. The number of rotatable bonds is 7. The standard InChI is InChI=1S/C20H26N6OS.HI/c1-4-21-19(25-14-20(3,27)17-6-5-11-28-17)24-13-16-7-8-18(23-12-16)26-10-9-22-15(26)2;/h5-12,27H,4,13-14H2,1-3H3,(H2,21,24,25);1H. The van der Waals surface area contributed by atoms with E-state index in [4.69, 9.17) is 0 Å². The van der Waals surface area contributed by atoms with E-state index in [1.807, 2.05) is 60.5 Å². The van der Waals surface area contributed by atoms with Gasteiger partial charge < -0.3 is 15.7 Å². The van der Waals surface area contributed by atoms with Crippen molar-refractivity contribution in [3.63, 3.8) is 0 Å². The molecule has 3 rings (SSSR count). The van der Waals surface area contributed by atoms with Crippen molar-refractivity contribution in [2.75, 3.05) is 13.1 Å². The van der Waals surface area contributed by atoms with E-state index >= 15 is 0 Å². The van der Waals surface area contributed by atoms with Crippen LogP contribution >= 0.6 is 35.3 Å². The first-order chi connectivity index (χ1) is 13.5. The number of nitrogens with one attached hydrogen (secondary N) is 2. The van der Waals surface area contributed by atoms with E-state index in [1.165, 1.54) is 0 Å². The van der Waals surface area contributed by atoms with Gasteiger partial charge in [0.2, 0.25) is 0 Å². The van der Waals surface area contributed by atoms with Crippen LogP contribution in [0.25, 0.3) is 5.82 Å². The van der Waals surface area contributed by atoms with Gasteiger partial charge in [-0.1, -0.05) is 12.1 Å². The van der Waals surface area contributed by atoms with Crippen LogP contribution in [0.4, 0.5) is 0 Å². The zero-order valence-corrected chi connectivity index (χ0v) is 19.9. The van der Waals surface area contributed by atoms with Gasteiger partial charge in [-0.2, -0.15) is 0 Å². The minimum absolute atomic E-state index is 0. The van der Waals surface area contributed by atoms with Gasteiger partial charge in [0.15, 0.2) is 5.96 Å². The van der Waals surface area contributed by atoms with Crippen LogP contribution in [-0.4, -0.2) is 38.7 Å². The Labute approximate surface area is 192 Å². The Bertz CT molecular complexity index is 905. The maximum atomic E-state index is 10.7. The monoisotopic (exact) mass is 526 g/mol. The van der Waals surface area contributed by atoms with Gasteiger partial charge in [-0.25, -0.2) is 15.0 Å². The number of aliphatic hydroxyl groups is 1. The molecular formula is C20H27IN6OS. The molecule has 1 atom stereocenters. The average Bonchev–Trinajstić information content (AvgIpc) is 3.37. The second-order valence-corrected chi connectivity index (χ2v) is 7.62. The molecule has 0 fully saturated rings. The Kier molecular flexibility index (Phi) is 8.60. The maximum Gasteiger partial charge on any atom is 0.191 e. The van der Waals surface area contributed by atoms with E-state index in [9.17, 15) is 5.11 Å². The van der Waals surface area contributed by atoms with Crippen molar-refractivity contribution >= 4 is 41.3 Å². The fourth-order valence-electron chi connectivity index (χ4n) is 2.71. The number of thiophene rings is 1. The highest BCUT2D eigenvalue weighted by atomic mass is 127. The maximum absolute atomic E-state index is 10.7. The lowest BCUT2D eigenvalue weighted by Gasteiger charge is -2.23. The Hall–Kier alpha value is -1.98. The van der Waals surface area contributed by atoms with E-state index < -0.39 is 5.60 Å². The van der Waals surface area contributed by atoms with Crippen LogP contribution in [0.5, 0.6) is 0 Å². The Morgan fingerprint density at radius 1 is 1.28 bits per heavy atom. The molecule has 0 saturated heterocycles. The van der Waals surface area contributed by atoms with E-state index in [0.29, 0.717) is 19.0 Å². The van der Waals surface area contributed by atoms with Gasteiger partial charge in [0.1, 0.15) is 17.2 Å². The zero-order valence-electron chi connectivity index (χ0n) is 16.8. The highest BCUT2D eigenvalue weighted by Crippen LogP contribution is 2.24. The van der Waals surface area contributed by atoms with Crippen molar-refractivity contribution in [2.45, 2.75) is 32.9 Å². The Morgan fingerprint density at radius 2 is 2.10 bits per heavy atom. The molecule has 0 radical (unpaired) electrons. The molecule has 3 N–H and O–H groups in total. The number of aliphatic imine (C=N–C) groups is 1. The fraction of sp³-hybridized carbons (Fsp3) is 0.350. The Morgan fingerprint density at radius 3 is 2.69 bits per heavy atom. The molecule has 0 saturated carbocycles. The van der Waals surface area contributed by atoms with Crippen molar-refractivity contribution in [1.82, 2.24) is 25.2 Å². The van der Waals surface area contributed by atoms with Gasteiger partial charge in [0, 0.05) is 30.0 Å². The van der Waals surface area contributed by atoms with Crippen molar-refractivity contribution in [2.24, 2.45) is 4.99 Å². The van der Waals surface area contributed by atoms with Gasteiger partial charge in [0.05, 0.1) is 13.1 Å². The first kappa shape index (κ1) is 23.3. The third-order valence-electron chi connectivity index (χ3n) is 4.30. The molecule has 0 aliphatic rings. The van der Waals surface area contributed by atoms with Crippen LogP contribution in [0.1, 0.15) is 30.1 Å². The lowest BCUT2D eigenvalue weighted by molar-refractivity contribution is 0.0655. The summed E-state index contributed by atoms with van der Waals surface area (Å²) in [6, 6.07) is 7.85. The van der Waals surface area contributed by atoms with Gasteiger partial charge in [-0.3, -0.25) is 4.57 Å². The predicted octanol–water partition coefficient (Wildman–Crippen LogP) is 3.22. The van der Waals surface area contributed by atoms with Gasteiger partial charge in [-0.15, -0.1) is 35.3 Å². The number of nitrogens with zero attached hydrogens (tertiary/aromatic N) is 4. The zero-order chi connectivity index (χ0) is 20.0. The third-order valence-corrected chi connectivity index (χ3v) is 5.42. The summed E-state index contributed by atoms with van der Waals surface area (Å²) in [6.07, 6.45) is 5.47. The number of guanidine groups is 1. The molecule has 0 aromatic carbocycles. The number of pyridine rings is 1. The molecule has 29 heavy (non-hydrogen) atoms. The molecule has 0 aliphatic heterocycles. The molecule has 3 aromatic heterocycles. The summed E-state index contributed by atoms with van der Waals surface area (Å²) in [5, 5.41) is 19.1. The number of hydrogen-bond acceptors (Lipinski definition) is 5. The smallest absolute Gasteiger partial charge is 0.191 e. The number of imidazole rings is 1. The van der Waals surface area contributed by atoms with E-state index in [1.54, 1.807) is 24.5 Å². The number of aryl methyl sites for hydroxylation is 1. The van der Waals surface area contributed by atoms with E-state index in [2.05, 4.69) is 25.6 Å². The number of hydrogen-bond donors (Lipinski definition) is 3. The van der Waals surface area contributed by atoms with Crippen LogP contribution < -0.4 is 10.6 Å². The molecule has 0 spiro atoms. The first-order valence-corrected chi connectivity index (χ1v) is 10.1. The summed E-state index contributed by atoms with van der Waals surface area (Å²) in [4.78, 5) is 14.2. The average molecular weight is 526 g/mol. The second kappa shape index (κ2) is 10.7. The summed E-state index contributed by atoms with van der Waals surface area (Å²) >= 11 is 1.54. The van der Waals surface area contributed by atoms with Crippen molar-refractivity contribution < 1.29 is 5.11 Å². The SMILES string of the molecule is CCNC(=NCc1ccc(-n2ccnc2C)nc1)NCC(C)(O)c1cccs1.I. The quantitative estimate of drug-likeness (QED) is 0.250. The lowest BCUT2D eigenvalue weighted by atomic mass is 10.1. The van der Waals surface area contributed by atoms with Crippen LogP contribution in [0.15, 0.2) is 53.2 Å². The van der Waals surface area contributed by atoms with Crippen LogP contribution in [0.2, 0.25) is 0 Å². The summed E-state index contributed by atoms with van der Waals surface area (Å²) in [6.45, 7) is 7.36. The molecule has 0 bridgehead atoms. The number of aromatic nitrogens is 3. The third kappa shape index (κ3) is 6.25. The molecule has 156 valence electrons. The predicted molar refractivity (Wildman–Crippen MR) is 128 cm³/mol. The highest BCUT2D eigenvalue weighted by molar-refractivity contribution is 14.0. The van der Waals surface area contributed by atoms with Crippen LogP contribution in [0.3, 0.4) is 0 Å². The van der Waals surface area contributed by atoms with Crippen molar-refractivity contribution in [1.29, 1.82) is 0 Å². The van der Waals surface area contributed by atoms with E-state index in [-0.39, 0.29) is 24.0 Å². The van der Waals surface area contributed by atoms with Crippen LogP contribution in [0, 0.1) is 6.92 Å². The Balaban J connectivity index is 0.00000300. The van der Waals surface area contributed by atoms with Crippen molar-refractivity contribution in [3.8, 4) is 5.82 Å². The van der Waals surface area contributed by atoms with E-state index in [0.717, 1.165) is 28.6 Å². The molecule has 0 amide bonds. The van der Waals surface area contributed by atoms with Gasteiger partial charge in [-0.05, 0) is 43.8 Å². The topological polar surface area (TPSA) is 87.4 Å².